The average Bonchev–Trinajstić information content (AvgIpc) is 2.57. The van der Waals surface area contributed by atoms with Gasteiger partial charge in [0.2, 0.25) is 5.91 Å². The number of aliphatic imine (C=N–C) groups is 1. The van der Waals surface area contributed by atoms with Gasteiger partial charge in [0.25, 0.3) is 5.91 Å². The number of carbonyl (C=O) groups excluding carboxylic acids is 2. The van der Waals surface area contributed by atoms with Crippen LogP contribution >= 0.6 is 11.9 Å². The van der Waals surface area contributed by atoms with E-state index in [1.54, 1.807) is 13.3 Å². The van der Waals surface area contributed by atoms with E-state index in [4.69, 9.17) is 21.1 Å². The maximum absolute atomic E-state index is 11.7. The van der Waals surface area contributed by atoms with Crippen LogP contribution in [0.4, 0.5) is 0 Å². The lowest BCUT2D eigenvalue weighted by atomic mass is 10.1. The van der Waals surface area contributed by atoms with Gasteiger partial charge in [-0.2, -0.15) is 5.10 Å². The maximum Gasteiger partial charge on any atom is 0.255 e. The number of hydrogen-bond acceptors (Lipinski definition) is 9. The van der Waals surface area contributed by atoms with Crippen molar-refractivity contribution < 1.29 is 19.1 Å². The van der Waals surface area contributed by atoms with Gasteiger partial charge in [-0.05, 0) is 46.7 Å². The van der Waals surface area contributed by atoms with Gasteiger partial charge < -0.3 is 26.4 Å². The molecule has 2 amide bonds. The standard InChI is InChI=1S/C16H32N6O4S/c1-15(2,10-20-7-12(21-18)6-19-5)26-11-16(3,4)27-22-14(24)9-25-8-13(17)23/h7,19H,6,8-11,18H2,1-5H3,(H2,17,23)(H,22,24). The molecular formula is C16H32N6O4S. The molecule has 0 fully saturated rings. The minimum absolute atomic E-state index is 0.231. The monoisotopic (exact) mass is 404 g/mol. The van der Waals surface area contributed by atoms with Crippen LogP contribution in [-0.2, 0) is 19.1 Å². The molecule has 0 heterocycles. The normalized spacial score (nSPS) is 13.1. The van der Waals surface area contributed by atoms with Crippen molar-refractivity contribution in [2.24, 2.45) is 21.7 Å². The van der Waals surface area contributed by atoms with Crippen LogP contribution in [-0.4, -0.2) is 74.0 Å². The van der Waals surface area contributed by atoms with E-state index in [9.17, 15) is 9.59 Å². The molecule has 11 heteroatoms. The summed E-state index contributed by atoms with van der Waals surface area (Å²) in [4.78, 5) is 26.5. The van der Waals surface area contributed by atoms with Crippen LogP contribution in [0.1, 0.15) is 27.7 Å². The molecule has 0 aromatic heterocycles. The van der Waals surface area contributed by atoms with Crippen LogP contribution in [0.3, 0.4) is 0 Å². The number of hydrogen-bond donors (Lipinski definition) is 4. The fourth-order valence-electron chi connectivity index (χ4n) is 1.59. The Labute approximate surface area is 165 Å². The smallest absolute Gasteiger partial charge is 0.255 e. The van der Waals surface area contributed by atoms with Crippen molar-refractivity contribution in [3.8, 4) is 0 Å². The first kappa shape index (κ1) is 25.3. The van der Waals surface area contributed by atoms with E-state index < -0.39 is 11.5 Å². The van der Waals surface area contributed by atoms with Crippen LogP contribution in [0.5, 0.6) is 0 Å². The molecule has 0 radical (unpaired) electrons. The molecule has 156 valence electrons. The molecule has 0 aliphatic carbocycles. The Kier molecular flexibility index (Phi) is 11.9. The molecule has 0 aliphatic heterocycles. The summed E-state index contributed by atoms with van der Waals surface area (Å²) in [5.41, 5.74) is 5.08. The van der Waals surface area contributed by atoms with Crippen LogP contribution in [0.25, 0.3) is 0 Å². The highest BCUT2D eigenvalue weighted by atomic mass is 32.2. The summed E-state index contributed by atoms with van der Waals surface area (Å²) < 4.78 is 13.1. The Balaban J connectivity index is 4.30. The molecule has 0 rings (SSSR count). The van der Waals surface area contributed by atoms with E-state index in [-0.39, 0.29) is 23.9 Å². The molecule has 0 aromatic carbocycles. The number of hydrazone groups is 1. The molecule has 0 bridgehead atoms. The topological polar surface area (TPSA) is 153 Å². The fourth-order valence-corrected chi connectivity index (χ4v) is 2.16. The number of nitrogens with two attached hydrogens (primary N) is 2. The SMILES string of the molecule is CNCC(C=NCC(C)(C)OCC(C)(C)SNC(=O)COCC(N)=O)=NN. The number of ether oxygens (including phenoxy) is 2. The van der Waals surface area contributed by atoms with Crippen molar-refractivity contribution >= 4 is 35.7 Å². The minimum atomic E-state index is -0.620. The maximum atomic E-state index is 11.7. The predicted octanol–water partition coefficient (Wildman–Crippen LogP) is -0.569. The second kappa shape index (κ2) is 12.7. The zero-order valence-corrected chi connectivity index (χ0v) is 17.5. The van der Waals surface area contributed by atoms with E-state index in [1.165, 1.54) is 11.9 Å². The molecule has 0 aliphatic rings. The molecule has 0 saturated carbocycles. The quantitative estimate of drug-likeness (QED) is 0.131. The Morgan fingerprint density at radius 2 is 1.89 bits per heavy atom. The number of amides is 2. The van der Waals surface area contributed by atoms with Crippen molar-refractivity contribution in [3.63, 3.8) is 0 Å². The summed E-state index contributed by atoms with van der Waals surface area (Å²) in [6.45, 7) is 8.57. The molecule has 10 nitrogen and oxygen atoms in total. The summed E-state index contributed by atoms with van der Waals surface area (Å²) >= 11 is 1.22. The molecular weight excluding hydrogens is 372 g/mol. The van der Waals surface area contributed by atoms with Gasteiger partial charge in [-0.15, -0.1) is 0 Å². The van der Waals surface area contributed by atoms with Crippen molar-refractivity contribution in [2.45, 2.75) is 38.0 Å². The van der Waals surface area contributed by atoms with Gasteiger partial charge in [0.1, 0.15) is 13.2 Å². The lowest BCUT2D eigenvalue weighted by Gasteiger charge is -2.30. The van der Waals surface area contributed by atoms with E-state index in [0.717, 1.165) is 0 Å². The van der Waals surface area contributed by atoms with E-state index in [1.807, 2.05) is 27.7 Å². The van der Waals surface area contributed by atoms with Gasteiger partial charge in [-0.1, -0.05) is 0 Å². The Morgan fingerprint density at radius 1 is 1.22 bits per heavy atom. The van der Waals surface area contributed by atoms with Gasteiger partial charge in [0.15, 0.2) is 0 Å². The summed E-state index contributed by atoms with van der Waals surface area (Å²) in [6, 6.07) is 0. The summed E-state index contributed by atoms with van der Waals surface area (Å²) in [5.74, 6) is 4.31. The highest BCUT2D eigenvalue weighted by Crippen LogP contribution is 2.24. The van der Waals surface area contributed by atoms with Gasteiger partial charge in [0.05, 0.1) is 29.2 Å². The van der Waals surface area contributed by atoms with Crippen molar-refractivity contribution in [2.75, 3.05) is 40.0 Å². The third-order valence-electron chi connectivity index (χ3n) is 2.97. The highest BCUT2D eigenvalue weighted by molar-refractivity contribution is 7.99. The summed E-state index contributed by atoms with van der Waals surface area (Å²) in [7, 11) is 1.80. The first-order chi connectivity index (χ1) is 12.5. The van der Waals surface area contributed by atoms with Gasteiger partial charge in [-0.3, -0.25) is 19.3 Å². The van der Waals surface area contributed by atoms with Crippen LogP contribution in [0.2, 0.25) is 0 Å². The van der Waals surface area contributed by atoms with Crippen molar-refractivity contribution in [3.05, 3.63) is 0 Å². The molecule has 0 spiro atoms. The van der Waals surface area contributed by atoms with Crippen LogP contribution in [0, 0.1) is 0 Å². The average molecular weight is 405 g/mol. The Hall–Kier alpha value is -1.69. The number of nitrogens with zero attached hydrogens (tertiary/aromatic N) is 2. The van der Waals surface area contributed by atoms with Gasteiger partial charge in [-0.25, -0.2) is 0 Å². The second-order valence-electron chi connectivity index (χ2n) is 7.02. The summed E-state index contributed by atoms with van der Waals surface area (Å²) in [6.07, 6.45) is 1.62. The Morgan fingerprint density at radius 3 is 2.44 bits per heavy atom. The van der Waals surface area contributed by atoms with Crippen molar-refractivity contribution in [1.82, 2.24) is 10.0 Å². The molecule has 0 unspecified atom stereocenters. The second-order valence-corrected chi connectivity index (χ2v) is 8.53. The zero-order chi connectivity index (χ0) is 20.9. The number of carbonyl (C=O) groups is 2. The number of nitrogens with one attached hydrogen (secondary N) is 2. The first-order valence-electron chi connectivity index (χ1n) is 8.39. The zero-order valence-electron chi connectivity index (χ0n) is 16.7. The Bertz CT molecular complexity index is 537. The molecule has 27 heavy (non-hydrogen) atoms. The fraction of sp³-hybridized carbons (Fsp3) is 0.750. The first-order valence-corrected chi connectivity index (χ1v) is 9.21. The van der Waals surface area contributed by atoms with E-state index in [2.05, 4.69) is 20.1 Å². The van der Waals surface area contributed by atoms with E-state index in [0.29, 0.717) is 25.4 Å². The van der Waals surface area contributed by atoms with Crippen molar-refractivity contribution in [1.29, 1.82) is 0 Å². The minimum Gasteiger partial charge on any atom is -0.372 e. The number of primary amides is 1. The largest absolute Gasteiger partial charge is 0.372 e. The van der Waals surface area contributed by atoms with Gasteiger partial charge in [0, 0.05) is 12.8 Å². The van der Waals surface area contributed by atoms with E-state index >= 15 is 0 Å². The lowest BCUT2D eigenvalue weighted by Crippen LogP contribution is -2.37. The van der Waals surface area contributed by atoms with Crippen LogP contribution < -0.4 is 21.6 Å². The summed E-state index contributed by atoms with van der Waals surface area (Å²) in [5, 5.41) is 6.59. The number of rotatable bonds is 14. The molecule has 0 saturated heterocycles. The van der Waals surface area contributed by atoms with Crippen LogP contribution in [0.15, 0.2) is 10.1 Å². The van der Waals surface area contributed by atoms with Gasteiger partial charge >= 0.3 is 0 Å². The highest BCUT2D eigenvalue weighted by Gasteiger charge is 2.26. The lowest BCUT2D eigenvalue weighted by molar-refractivity contribution is -0.128. The molecule has 0 atom stereocenters. The third kappa shape index (κ3) is 14.1. The third-order valence-corrected chi connectivity index (χ3v) is 3.97. The molecule has 0 aromatic rings. The molecule has 6 N–H and O–H groups in total. The predicted molar refractivity (Wildman–Crippen MR) is 109 cm³/mol.